The lowest BCUT2D eigenvalue weighted by molar-refractivity contribution is 0.157. The van der Waals surface area contributed by atoms with Crippen molar-refractivity contribution in [3.8, 4) is 11.5 Å². The van der Waals surface area contributed by atoms with Crippen LogP contribution in [-0.2, 0) is 24.4 Å². The summed E-state index contributed by atoms with van der Waals surface area (Å²) in [6, 6.07) is 2.08. The minimum absolute atomic E-state index is 0. The Morgan fingerprint density at radius 1 is 1.25 bits per heavy atom. The number of nitrogens with one attached hydrogen (secondary N) is 1. The molecule has 24 heavy (non-hydrogen) atoms. The molecule has 0 aliphatic carbocycles. The molecule has 4 rings (SSSR count). The van der Waals surface area contributed by atoms with E-state index in [0.29, 0.717) is 26.2 Å². The predicted octanol–water partition coefficient (Wildman–Crippen LogP) is 1.15. The van der Waals surface area contributed by atoms with Gasteiger partial charge in [0.2, 0.25) is 0 Å². The molecule has 10 heteroatoms. The molecule has 2 aliphatic rings. The van der Waals surface area contributed by atoms with E-state index in [9.17, 15) is 4.79 Å². The Labute approximate surface area is 152 Å². The molecule has 1 amide bonds. The topological polar surface area (TPSA) is 77.2 Å². The van der Waals surface area contributed by atoms with Crippen LogP contribution < -0.4 is 5.32 Å². The number of ether oxygens (including phenoxy) is 1. The fraction of sp³-hybridized carbons (Fsp3) is 0.500. The molecule has 2 aromatic rings. The zero-order chi connectivity index (χ0) is 14.9. The van der Waals surface area contributed by atoms with E-state index in [0.717, 1.165) is 31.2 Å². The lowest BCUT2D eigenvalue weighted by atomic mass is 10.3. The first-order chi connectivity index (χ1) is 10.8. The fourth-order valence-electron chi connectivity index (χ4n) is 2.88. The Morgan fingerprint density at radius 2 is 2.12 bits per heavy atom. The molecular weight excluding hydrogens is 355 g/mol. The molecule has 2 aliphatic heterocycles. The van der Waals surface area contributed by atoms with Crippen molar-refractivity contribution in [3.63, 3.8) is 0 Å². The van der Waals surface area contributed by atoms with Gasteiger partial charge >= 0.3 is 6.09 Å². The van der Waals surface area contributed by atoms with Crippen molar-refractivity contribution in [3.05, 3.63) is 24.2 Å². The average Bonchev–Trinajstić information content (AvgIpc) is 3.23. The molecular formula is C14H20Cl2N6O2. The van der Waals surface area contributed by atoms with Gasteiger partial charge in [-0.2, -0.15) is 5.10 Å². The quantitative estimate of drug-likeness (QED) is 0.868. The monoisotopic (exact) mass is 374 g/mol. The summed E-state index contributed by atoms with van der Waals surface area (Å²) in [6.45, 7) is 5.12. The van der Waals surface area contributed by atoms with Crippen LogP contribution in [-0.4, -0.2) is 56.6 Å². The molecule has 0 spiro atoms. The highest BCUT2D eigenvalue weighted by Crippen LogP contribution is 2.19. The van der Waals surface area contributed by atoms with Gasteiger partial charge in [0, 0.05) is 38.6 Å². The number of hydrogen-bond donors (Lipinski definition) is 1. The summed E-state index contributed by atoms with van der Waals surface area (Å²) in [5.41, 5.74) is 2.06. The van der Waals surface area contributed by atoms with Crippen molar-refractivity contribution in [1.29, 1.82) is 0 Å². The Hall–Kier alpha value is -1.77. The normalized spacial score (nSPS) is 16.2. The van der Waals surface area contributed by atoms with Crippen LogP contribution in [0.1, 0.15) is 5.69 Å². The van der Waals surface area contributed by atoms with Crippen molar-refractivity contribution in [2.45, 2.75) is 19.6 Å². The number of nitrogens with zero attached hydrogens (tertiary/aromatic N) is 5. The van der Waals surface area contributed by atoms with Crippen LogP contribution >= 0.6 is 24.8 Å². The zero-order valence-corrected chi connectivity index (χ0v) is 14.7. The minimum atomic E-state index is -0.231. The number of aromatic nitrogens is 4. The number of halogens is 2. The second-order valence-electron chi connectivity index (χ2n) is 5.47. The maximum atomic E-state index is 11.5. The molecule has 0 aromatic carbocycles. The zero-order valence-electron chi connectivity index (χ0n) is 13.1. The van der Waals surface area contributed by atoms with Crippen molar-refractivity contribution in [1.82, 2.24) is 29.5 Å². The van der Waals surface area contributed by atoms with Crippen LogP contribution in [0, 0.1) is 0 Å². The van der Waals surface area contributed by atoms with Crippen molar-refractivity contribution in [2.24, 2.45) is 0 Å². The Balaban J connectivity index is 0.00000104. The lowest BCUT2D eigenvalue weighted by Crippen LogP contribution is -2.28. The summed E-state index contributed by atoms with van der Waals surface area (Å²) < 4.78 is 9.01. The van der Waals surface area contributed by atoms with Crippen molar-refractivity contribution < 1.29 is 9.53 Å². The molecule has 132 valence electrons. The molecule has 0 radical (unpaired) electrons. The first-order valence-electron chi connectivity index (χ1n) is 7.52. The molecule has 1 fully saturated rings. The highest BCUT2D eigenvalue weighted by atomic mass is 35.5. The largest absolute Gasteiger partial charge is 0.448 e. The van der Waals surface area contributed by atoms with E-state index in [1.807, 2.05) is 15.4 Å². The lowest BCUT2D eigenvalue weighted by Gasteiger charge is -2.14. The van der Waals surface area contributed by atoms with Gasteiger partial charge in [-0.05, 0) is 6.07 Å². The highest BCUT2D eigenvalue weighted by Gasteiger charge is 2.22. The second-order valence-corrected chi connectivity index (χ2v) is 5.47. The summed E-state index contributed by atoms with van der Waals surface area (Å²) >= 11 is 0. The third-order valence-electron chi connectivity index (χ3n) is 4.07. The van der Waals surface area contributed by atoms with Gasteiger partial charge in [0.05, 0.1) is 18.8 Å². The van der Waals surface area contributed by atoms with Crippen LogP contribution in [0.5, 0.6) is 0 Å². The molecule has 2 aromatic heterocycles. The maximum absolute atomic E-state index is 11.5. The van der Waals surface area contributed by atoms with Crippen molar-refractivity contribution >= 4 is 30.9 Å². The molecule has 0 bridgehead atoms. The van der Waals surface area contributed by atoms with Gasteiger partial charge in [0.15, 0.2) is 5.82 Å². The molecule has 4 heterocycles. The van der Waals surface area contributed by atoms with Gasteiger partial charge in [-0.3, -0.25) is 4.68 Å². The SMILES string of the molecule is Cl.Cl.O=C1OCCN1CCn1ccnc1-c1cc2n(n1)CCNC2. The van der Waals surface area contributed by atoms with E-state index >= 15 is 0 Å². The Bertz CT molecular complexity index is 678. The highest BCUT2D eigenvalue weighted by molar-refractivity contribution is 5.85. The van der Waals surface area contributed by atoms with Crippen LogP contribution in [0.15, 0.2) is 18.5 Å². The molecule has 8 nitrogen and oxygen atoms in total. The minimum Gasteiger partial charge on any atom is -0.448 e. The summed E-state index contributed by atoms with van der Waals surface area (Å²) in [5, 5.41) is 7.97. The third kappa shape index (κ3) is 3.50. The number of amides is 1. The number of hydrogen-bond acceptors (Lipinski definition) is 5. The third-order valence-corrected chi connectivity index (χ3v) is 4.07. The first-order valence-corrected chi connectivity index (χ1v) is 7.52. The van der Waals surface area contributed by atoms with E-state index in [-0.39, 0.29) is 30.9 Å². The van der Waals surface area contributed by atoms with E-state index in [2.05, 4.69) is 21.5 Å². The molecule has 1 N–H and O–H groups in total. The Morgan fingerprint density at radius 3 is 2.88 bits per heavy atom. The average molecular weight is 375 g/mol. The van der Waals surface area contributed by atoms with Gasteiger partial charge in [-0.25, -0.2) is 9.78 Å². The number of carbonyl (C=O) groups excluding carboxylic acids is 1. The number of imidazole rings is 1. The second kappa shape index (κ2) is 7.87. The molecule has 0 unspecified atom stereocenters. The number of cyclic esters (lactones) is 1. The van der Waals surface area contributed by atoms with Gasteiger partial charge < -0.3 is 19.5 Å². The predicted molar refractivity (Wildman–Crippen MR) is 92.6 cm³/mol. The summed E-state index contributed by atoms with van der Waals surface area (Å²) in [5.74, 6) is 0.842. The first kappa shape index (κ1) is 18.6. The number of carbonyl (C=O) groups is 1. The summed E-state index contributed by atoms with van der Waals surface area (Å²) in [4.78, 5) is 17.6. The maximum Gasteiger partial charge on any atom is 0.410 e. The molecule has 0 atom stereocenters. The molecule has 0 saturated carbocycles. The fourth-order valence-corrected chi connectivity index (χ4v) is 2.88. The molecule has 1 saturated heterocycles. The van der Waals surface area contributed by atoms with Crippen LogP contribution in [0.2, 0.25) is 0 Å². The van der Waals surface area contributed by atoms with Gasteiger partial charge in [0.25, 0.3) is 0 Å². The van der Waals surface area contributed by atoms with Gasteiger partial charge in [-0.1, -0.05) is 0 Å². The number of rotatable bonds is 4. The van der Waals surface area contributed by atoms with E-state index in [1.54, 1.807) is 11.1 Å². The summed E-state index contributed by atoms with van der Waals surface area (Å²) in [6.07, 6.45) is 3.46. The van der Waals surface area contributed by atoms with Crippen LogP contribution in [0.4, 0.5) is 4.79 Å². The van der Waals surface area contributed by atoms with E-state index in [1.165, 1.54) is 5.69 Å². The van der Waals surface area contributed by atoms with E-state index < -0.39 is 0 Å². The Kier molecular flexibility index (Phi) is 6.09. The standard InChI is InChI=1S/C14H18N6O2.2ClH/c21-14-19(7-8-22-14)6-5-18-3-2-16-13(18)12-9-11-10-15-1-4-20(11)17-12;;/h2-3,9,15H,1,4-8,10H2;2*1H. The number of fused-ring (bicyclic) bond motifs is 1. The van der Waals surface area contributed by atoms with Crippen LogP contribution in [0.3, 0.4) is 0 Å². The van der Waals surface area contributed by atoms with Gasteiger partial charge in [-0.15, -0.1) is 24.8 Å². The van der Waals surface area contributed by atoms with E-state index in [4.69, 9.17) is 4.74 Å². The summed E-state index contributed by atoms with van der Waals surface area (Å²) in [7, 11) is 0. The van der Waals surface area contributed by atoms with Gasteiger partial charge in [0.1, 0.15) is 12.3 Å². The smallest absolute Gasteiger partial charge is 0.410 e. The van der Waals surface area contributed by atoms with Crippen LogP contribution in [0.25, 0.3) is 11.5 Å². The van der Waals surface area contributed by atoms with Crippen molar-refractivity contribution in [2.75, 3.05) is 26.2 Å².